The van der Waals surface area contributed by atoms with Crippen LogP contribution in [0.5, 0.6) is 0 Å². The zero-order valence-electron chi connectivity index (χ0n) is 10.6. The fourth-order valence-corrected chi connectivity index (χ4v) is 1.88. The van der Waals surface area contributed by atoms with Gasteiger partial charge in [0.05, 0.1) is 17.2 Å². The zero-order chi connectivity index (χ0) is 13.9. The lowest BCUT2D eigenvalue weighted by atomic mass is 10.2. The predicted molar refractivity (Wildman–Crippen MR) is 77.8 cm³/mol. The third-order valence-electron chi connectivity index (χ3n) is 2.89. The fourth-order valence-electron chi connectivity index (χ4n) is 1.88. The Labute approximate surface area is 115 Å². The van der Waals surface area contributed by atoms with Crippen molar-refractivity contribution < 1.29 is 4.79 Å². The molecule has 0 bridgehead atoms. The van der Waals surface area contributed by atoms with Crippen LogP contribution in [-0.4, -0.2) is 15.9 Å². The second-order valence-corrected chi connectivity index (χ2v) is 4.31. The van der Waals surface area contributed by atoms with Crippen LogP contribution in [0, 0.1) is 0 Å². The quantitative estimate of drug-likeness (QED) is 0.761. The number of aromatic nitrogens is 2. The Morgan fingerprint density at radius 2 is 1.70 bits per heavy atom. The summed E-state index contributed by atoms with van der Waals surface area (Å²) in [6.45, 7) is 0. The SMILES string of the molecule is NC(=O)c1ccc(Nc2cnc3ccccc3n2)cc1. The second kappa shape index (κ2) is 4.97. The number of rotatable bonds is 3. The minimum absolute atomic E-state index is 0.443. The zero-order valence-corrected chi connectivity index (χ0v) is 10.6. The lowest BCUT2D eigenvalue weighted by Gasteiger charge is -2.06. The van der Waals surface area contributed by atoms with E-state index >= 15 is 0 Å². The second-order valence-electron chi connectivity index (χ2n) is 4.31. The molecule has 0 spiro atoms. The highest BCUT2D eigenvalue weighted by Gasteiger charge is 2.02. The molecule has 2 aromatic carbocycles. The van der Waals surface area contributed by atoms with Gasteiger partial charge in [0.25, 0.3) is 0 Å². The number of fused-ring (bicyclic) bond motifs is 1. The van der Waals surface area contributed by atoms with Gasteiger partial charge in [-0.05, 0) is 36.4 Å². The number of nitrogens with one attached hydrogen (secondary N) is 1. The molecule has 3 aromatic rings. The van der Waals surface area contributed by atoms with Crippen LogP contribution in [0.1, 0.15) is 10.4 Å². The van der Waals surface area contributed by atoms with Crippen LogP contribution in [0.15, 0.2) is 54.7 Å². The monoisotopic (exact) mass is 264 g/mol. The predicted octanol–water partition coefficient (Wildman–Crippen LogP) is 2.47. The summed E-state index contributed by atoms with van der Waals surface area (Å²) < 4.78 is 0. The molecule has 3 rings (SSSR count). The minimum Gasteiger partial charge on any atom is -0.366 e. The Hall–Kier alpha value is -2.95. The van der Waals surface area contributed by atoms with Gasteiger partial charge in [0.1, 0.15) is 5.82 Å². The van der Waals surface area contributed by atoms with Gasteiger partial charge in [-0.1, -0.05) is 12.1 Å². The van der Waals surface area contributed by atoms with E-state index in [9.17, 15) is 4.79 Å². The standard InChI is InChI=1S/C15H12N4O/c16-15(20)10-5-7-11(8-6-10)18-14-9-17-12-3-1-2-4-13(12)19-14/h1-9H,(H2,16,20)(H,18,19). The van der Waals surface area contributed by atoms with Crippen LogP contribution in [0.2, 0.25) is 0 Å². The van der Waals surface area contributed by atoms with Crippen molar-refractivity contribution in [2.75, 3.05) is 5.32 Å². The van der Waals surface area contributed by atoms with E-state index < -0.39 is 5.91 Å². The molecule has 0 unspecified atom stereocenters. The average molecular weight is 264 g/mol. The van der Waals surface area contributed by atoms with Crippen LogP contribution in [0.4, 0.5) is 11.5 Å². The number of amides is 1. The van der Waals surface area contributed by atoms with E-state index in [2.05, 4.69) is 15.3 Å². The molecule has 5 heteroatoms. The Balaban J connectivity index is 1.87. The first-order valence-corrected chi connectivity index (χ1v) is 6.11. The summed E-state index contributed by atoms with van der Waals surface area (Å²) in [5.74, 6) is 0.206. The van der Waals surface area contributed by atoms with Crippen molar-refractivity contribution in [1.29, 1.82) is 0 Å². The van der Waals surface area contributed by atoms with Crippen LogP contribution in [0.3, 0.4) is 0 Å². The lowest BCUT2D eigenvalue weighted by Crippen LogP contribution is -2.10. The van der Waals surface area contributed by atoms with Crippen molar-refractivity contribution in [3.63, 3.8) is 0 Å². The maximum atomic E-state index is 11.0. The minimum atomic E-state index is -0.443. The average Bonchev–Trinajstić information content (AvgIpc) is 2.48. The highest BCUT2D eigenvalue weighted by atomic mass is 16.1. The van der Waals surface area contributed by atoms with E-state index in [1.165, 1.54) is 0 Å². The van der Waals surface area contributed by atoms with E-state index in [4.69, 9.17) is 5.73 Å². The summed E-state index contributed by atoms with van der Waals surface area (Å²) in [7, 11) is 0. The molecule has 0 aliphatic carbocycles. The van der Waals surface area contributed by atoms with E-state index in [0.29, 0.717) is 11.4 Å². The molecule has 3 N–H and O–H groups in total. The molecule has 0 aliphatic heterocycles. The molecular weight excluding hydrogens is 252 g/mol. The molecule has 1 aromatic heterocycles. The van der Waals surface area contributed by atoms with Gasteiger partial charge in [-0.3, -0.25) is 9.78 Å². The normalized spacial score (nSPS) is 10.4. The molecule has 0 radical (unpaired) electrons. The summed E-state index contributed by atoms with van der Waals surface area (Å²) in [6, 6.07) is 14.5. The van der Waals surface area contributed by atoms with Crippen LogP contribution in [-0.2, 0) is 0 Å². The number of nitrogens with two attached hydrogens (primary N) is 1. The first-order chi connectivity index (χ1) is 9.72. The van der Waals surface area contributed by atoms with Gasteiger partial charge in [-0.25, -0.2) is 4.98 Å². The number of nitrogens with zero attached hydrogens (tertiary/aromatic N) is 2. The molecule has 20 heavy (non-hydrogen) atoms. The number of carbonyl (C=O) groups is 1. The summed E-state index contributed by atoms with van der Waals surface area (Å²) in [4.78, 5) is 19.8. The molecular formula is C15H12N4O. The van der Waals surface area contributed by atoms with Crippen molar-refractivity contribution in [3.8, 4) is 0 Å². The molecule has 0 saturated heterocycles. The number of anilines is 2. The molecule has 5 nitrogen and oxygen atoms in total. The van der Waals surface area contributed by atoms with Gasteiger partial charge in [0, 0.05) is 11.3 Å². The molecule has 1 amide bonds. The number of benzene rings is 2. The topological polar surface area (TPSA) is 80.9 Å². The van der Waals surface area contributed by atoms with Crippen LogP contribution in [0.25, 0.3) is 11.0 Å². The van der Waals surface area contributed by atoms with Crippen molar-refractivity contribution in [3.05, 3.63) is 60.3 Å². The molecule has 0 aliphatic rings. The summed E-state index contributed by atoms with van der Waals surface area (Å²) in [5, 5.41) is 3.14. The van der Waals surface area contributed by atoms with Gasteiger partial charge >= 0.3 is 0 Å². The van der Waals surface area contributed by atoms with Gasteiger partial charge < -0.3 is 11.1 Å². The van der Waals surface area contributed by atoms with E-state index in [0.717, 1.165) is 16.7 Å². The number of carbonyl (C=O) groups excluding carboxylic acids is 1. The first kappa shape index (κ1) is 12.1. The van der Waals surface area contributed by atoms with Crippen molar-refractivity contribution in [2.45, 2.75) is 0 Å². The van der Waals surface area contributed by atoms with Crippen molar-refractivity contribution >= 4 is 28.4 Å². The molecule has 0 saturated carbocycles. The van der Waals surface area contributed by atoms with Crippen molar-refractivity contribution in [2.24, 2.45) is 5.73 Å². The van der Waals surface area contributed by atoms with Crippen LogP contribution >= 0.6 is 0 Å². The van der Waals surface area contributed by atoms with E-state index in [-0.39, 0.29) is 0 Å². The molecule has 0 atom stereocenters. The third-order valence-corrected chi connectivity index (χ3v) is 2.89. The van der Waals surface area contributed by atoms with Gasteiger partial charge in [-0.15, -0.1) is 0 Å². The van der Waals surface area contributed by atoms with E-state index in [1.807, 2.05) is 24.3 Å². The summed E-state index contributed by atoms with van der Waals surface area (Å²) in [6.07, 6.45) is 1.67. The first-order valence-electron chi connectivity index (χ1n) is 6.11. The van der Waals surface area contributed by atoms with Gasteiger partial charge in [0.2, 0.25) is 5.91 Å². The Morgan fingerprint density at radius 3 is 2.40 bits per heavy atom. The summed E-state index contributed by atoms with van der Waals surface area (Å²) in [5.41, 5.74) is 8.16. The van der Waals surface area contributed by atoms with E-state index in [1.54, 1.807) is 30.5 Å². The highest BCUT2D eigenvalue weighted by molar-refractivity contribution is 5.93. The molecule has 1 heterocycles. The Bertz CT molecular complexity index is 768. The highest BCUT2D eigenvalue weighted by Crippen LogP contribution is 2.17. The van der Waals surface area contributed by atoms with Crippen LogP contribution < -0.4 is 11.1 Å². The maximum Gasteiger partial charge on any atom is 0.248 e. The van der Waals surface area contributed by atoms with Crippen molar-refractivity contribution in [1.82, 2.24) is 9.97 Å². The van der Waals surface area contributed by atoms with Gasteiger partial charge in [0.15, 0.2) is 0 Å². The Kier molecular flexibility index (Phi) is 3.01. The smallest absolute Gasteiger partial charge is 0.248 e. The largest absolute Gasteiger partial charge is 0.366 e. The lowest BCUT2D eigenvalue weighted by molar-refractivity contribution is 0.100. The molecule has 0 fully saturated rings. The summed E-state index contributed by atoms with van der Waals surface area (Å²) >= 11 is 0. The number of hydrogen-bond donors (Lipinski definition) is 2. The van der Waals surface area contributed by atoms with Gasteiger partial charge in [-0.2, -0.15) is 0 Å². The number of para-hydroxylation sites is 2. The molecule has 98 valence electrons. The fraction of sp³-hybridized carbons (Fsp3) is 0. The number of hydrogen-bond acceptors (Lipinski definition) is 4. The maximum absolute atomic E-state index is 11.0. The third kappa shape index (κ3) is 2.42. The number of primary amides is 1. The Morgan fingerprint density at radius 1 is 1.00 bits per heavy atom.